The molecule has 1 heterocycles. The molecule has 0 radical (unpaired) electrons. The van der Waals surface area contributed by atoms with Gasteiger partial charge in [0.25, 0.3) is 0 Å². The van der Waals surface area contributed by atoms with Crippen molar-refractivity contribution in [3.05, 3.63) is 27.9 Å². The molecule has 1 rings (SSSR count). The number of nitro groups is 1. The Balaban J connectivity index is 2.90. The SMILES string of the molecule is CC(C)(CCO)CNc1ncc(C#N)cc1[N+](=O)[O-]. The van der Waals surface area contributed by atoms with E-state index in [1.165, 1.54) is 12.3 Å². The summed E-state index contributed by atoms with van der Waals surface area (Å²) in [6, 6.07) is 3.00. The van der Waals surface area contributed by atoms with E-state index in [1.807, 2.05) is 19.9 Å². The minimum absolute atomic E-state index is 0.0531. The Morgan fingerprint density at radius 2 is 2.32 bits per heavy atom. The molecule has 0 unspecified atom stereocenters. The standard InChI is InChI=1S/C12H16N4O3/c1-12(2,3-4-17)8-15-11-10(16(18)19)5-9(6-13)7-14-11/h5,7,17H,3-4,8H2,1-2H3,(H,14,15). The van der Waals surface area contributed by atoms with Gasteiger partial charge < -0.3 is 10.4 Å². The molecule has 0 saturated carbocycles. The highest BCUT2D eigenvalue weighted by atomic mass is 16.6. The average Bonchev–Trinajstić information content (AvgIpc) is 2.36. The lowest BCUT2D eigenvalue weighted by molar-refractivity contribution is -0.384. The molecule has 0 aliphatic heterocycles. The average molecular weight is 264 g/mol. The van der Waals surface area contributed by atoms with E-state index in [0.717, 1.165) is 0 Å². The number of hydrogen-bond acceptors (Lipinski definition) is 6. The number of anilines is 1. The Bertz CT molecular complexity index is 508. The monoisotopic (exact) mass is 264 g/mol. The molecule has 2 N–H and O–H groups in total. The largest absolute Gasteiger partial charge is 0.396 e. The van der Waals surface area contributed by atoms with Crippen molar-refractivity contribution >= 4 is 11.5 Å². The number of nitriles is 1. The van der Waals surface area contributed by atoms with E-state index in [0.29, 0.717) is 13.0 Å². The summed E-state index contributed by atoms with van der Waals surface area (Å²) in [6.07, 6.45) is 1.86. The van der Waals surface area contributed by atoms with Gasteiger partial charge in [-0.1, -0.05) is 13.8 Å². The molecule has 0 fully saturated rings. The lowest BCUT2D eigenvalue weighted by atomic mass is 9.90. The van der Waals surface area contributed by atoms with Crippen molar-refractivity contribution in [3.8, 4) is 6.07 Å². The molecule has 0 spiro atoms. The topological polar surface area (TPSA) is 112 Å². The first-order valence-corrected chi connectivity index (χ1v) is 5.79. The number of rotatable bonds is 6. The fourth-order valence-corrected chi connectivity index (χ4v) is 1.50. The van der Waals surface area contributed by atoms with Gasteiger partial charge in [-0.3, -0.25) is 10.1 Å². The molecule has 7 nitrogen and oxygen atoms in total. The van der Waals surface area contributed by atoms with Crippen LogP contribution in [0.15, 0.2) is 12.3 Å². The Morgan fingerprint density at radius 1 is 1.63 bits per heavy atom. The van der Waals surface area contributed by atoms with Gasteiger partial charge in [0.2, 0.25) is 5.82 Å². The van der Waals surface area contributed by atoms with Gasteiger partial charge in [0.1, 0.15) is 6.07 Å². The molecule has 0 saturated heterocycles. The lowest BCUT2D eigenvalue weighted by Gasteiger charge is -2.23. The van der Waals surface area contributed by atoms with Gasteiger partial charge in [0.05, 0.1) is 10.5 Å². The van der Waals surface area contributed by atoms with E-state index in [1.54, 1.807) is 0 Å². The maximum atomic E-state index is 10.9. The summed E-state index contributed by atoms with van der Waals surface area (Å²) >= 11 is 0. The third-order valence-corrected chi connectivity index (χ3v) is 2.72. The van der Waals surface area contributed by atoms with Crippen LogP contribution in [0.2, 0.25) is 0 Å². The quantitative estimate of drug-likeness (QED) is 0.597. The molecule has 0 aromatic carbocycles. The number of pyridine rings is 1. The lowest BCUT2D eigenvalue weighted by Crippen LogP contribution is -2.25. The molecule has 1 aromatic heterocycles. The van der Waals surface area contributed by atoms with Gasteiger partial charge in [-0.15, -0.1) is 0 Å². The van der Waals surface area contributed by atoms with Crippen LogP contribution in [0.25, 0.3) is 0 Å². The highest BCUT2D eigenvalue weighted by Crippen LogP contribution is 2.25. The molecule has 1 aromatic rings. The number of hydrogen-bond donors (Lipinski definition) is 2. The number of nitrogens with one attached hydrogen (secondary N) is 1. The fourth-order valence-electron chi connectivity index (χ4n) is 1.50. The summed E-state index contributed by atoms with van der Waals surface area (Å²) < 4.78 is 0. The summed E-state index contributed by atoms with van der Waals surface area (Å²) in [7, 11) is 0. The van der Waals surface area contributed by atoms with Crippen LogP contribution in [0, 0.1) is 26.9 Å². The van der Waals surface area contributed by atoms with Crippen LogP contribution in [-0.2, 0) is 0 Å². The summed E-state index contributed by atoms with van der Waals surface area (Å²) in [6.45, 7) is 4.36. The van der Waals surface area contributed by atoms with E-state index in [9.17, 15) is 10.1 Å². The van der Waals surface area contributed by atoms with Crippen molar-refractivity contribution in [3.63, 3.8) is 0 Å². The zero-order valence-electron chi connectivity index (χ0n) is 10.9. The predicted octanol–water partition coefficient (Wildman–Crippen LogP) is 1.68. The van der Waals surface area contributed by atoms with Crippen LogP contribution in [-0.4, -0.2) is 28.2 Å². The molecular weight excluding hydrogens is 248 g/mol. The van der Waals surface area contributed by atoms with Crippen molar-refractivity contribution in [2.24, 2.45) is 5.41 Å². The summed E-state index contributed by atoms with van der Waals surface area (Å²) in [5, 5.41) is 31.4. The van der Waals surface area contributed by atoms with Crippen LogP contribution >= 0.6 is 0 Å². The number of aliphatic hydroxyl groups is 1. The van der Waals surface area contributed by atoms with E-state index in [4.69, 9.17) is 10.4 Å². The summed E-state index contributed by atoms with van der Waals surface area (Å²) in [5.41, 5.74) is -0.288. The van der Waals surface area contributed by atoms with Gasteiger partial charge >= 0.3 is 5.69 Å². The molecule has 0 aliphatic carbocycles. The Morgan fingerprint density at radius 3 is 2.84 bits per heavy atom. The van der Waals surface area contributed by atoms with Gasteiger partial charge in [0, 0.05) is 25.4 Å². The van der Waals surface area contributed by atoms with Crippen LogP contribution in [0.1, 0.15) is 25.8 Å². The second-order valence-corrected chi connectivity index (χ2v) is 4.95. The molecule has 102 valence electrons. The highest BCUT2D eigenvalue weighted by molar-refractivity contribution is 5.58. The predicted molar refractivity (Wildman–Crippen MR) is 69.6 cm³/mol. The van der Waals surface area contributed by atoms with Crippen molar-refractivity contribution in [2.45, 2.75) is 20.3 Å². The smallest absolute Gasteiger partial charge is 0.312 e. The molecule has 0 amide bonds. The van der Waals surface area contributed by atoms with Crippen molar-refractivity contribution in [1.29, 1.82) is 5.26 Å². The van der Waals surface area contributed by atoms with E-state index < -0.39 is 4.92 Å². The fraction of sp³-hybridized carbons (Fsp3) is 0.500. The second-order valence-electron chi connectivity index (χ2n) is 4.95. The number of aliphatic hydroxyl groups excluding tert-OH is 1. The highest BCUT2D eigenvalue weighted by Gasteiger charge is 2.21. The van der Waals surface area contributed by atoms with Gasteiger partial charge in [-0.2, -0.15) is 5.26 Å². The molecule has 0 atom stereocenters. The first kappa shape index (κ1) is 14.9. The number of nitrogens with zero attached hydrogens (tertiary/aromatic N) is 3. The summed E-state index contributed by atoms with van der Waals surface area (Å²) in [5.74, 6) is 0.134. The zero-order chi connectivity index (χ0) is 14.5. The van der Waals surface area contributed by atoms with E-state index in [2.05, 4.69) is 10.3 Å². The first-order chi connectivity index (χ1) is 8.89. The van der Waals surface area contributed by atoms with Crippen LogP contribution in [0.5, 0.6) is 0 Å². The first-order valence-electron chi connectivity index (χ1n) is 5.79. The van der Waals surface area contributed by atoms with Crippen LogP contribution < -0.4 is 5.32 Å². The Kier molecular flexibility index (Phi) is 4.78. The maximum Gasteiger partial charge on any atom is 0.312 e. The van der Waals surface area contributed by atoms with E-state index >= 15 is 0 Å². The Labute approximate surface area is 111 Å². The number of aromatic nitrogens is 1. The third-order valence-electron chi connectivity index (χ3n) is 2.72. The third kappa shape index (κ3) is 4.19. The maximum absolute atomic E-state index is 10.9. The van der Waals surface area contributed by atoms with Crippen molar-refractivity contribution in [1.82, 2.24) is 4.98 Å². The minimum Gasteiger partial charge on any atom is -0.396 e. The minimum atomic E-state index is -0.574. The molecular formula is C12H16N4O3. The van der Waals surface area contributed by atoms with Gasteiger partial charge in [-0.05, 0) is 11.8 Å². The van der Waals surface area contributed by atoms with Crippen molar-refractivity contribution in [2.75, 3.05) is 18.5 Å². The Hall–Kier alpha value is -2.20. The molecule has 0 aliphatic rings. The van der Waals surface area contributed by atoms with E-state index in [-0.39, 0.29) is 29.1 Å². The summed E-state index contributed by atoms with van der Waals surface area (Å²) in [4.78, 5) is 14.2. The van der Waals surface area contributed by atoms with Gasteiger partial charge in [0.15, 0.2) is 0 Å². The second kappa shape index (κ2) is 6.11. The van der Waals surface area contributed by atoms with Crippen LogP contribution in [0.4, 0.5) is 11.5 Å². The van der Waals surface area contributed by atoms with Crippen molar-refractivity contribution < 1.29 is 10.0 Å². The normalized spacial score (nSPS) is 10.8. The molecule has 0 bridgehead atoms. The molecule has 19 heavy (non-hydrogen) atoms. The molecule has 7 heteroatoms. The zero-order valence-corrected chi connectivity index (χ0v) is 10.9. The van der Waals surface area contributed by atoms with Crippen LogP contribution in [0.3, 0.4) is 0 Å². The van der Waals surface area contributed by atoms with Gasteiger partial charge in [-0.25, -0.2) is 4.98 Å².